The van der Waals surface area contributed by atoms with Gasteiger partial charge in [-0.2, -0.15) is 0 Å². The fourth-order valence-corrected chi connectivity index (χ4v) is 6.60. The van der Waals surface area contributed by atoms with E-state index in [1.807, 2.05) is 12.2 Å². The normalized spacial score (nSPS) is 13.3. The highest BCUT2D eigenvalue weighted by molar-refractivity contribution is 5.71. The topological polar surface area (TPSA) is 78.9 Å². The largest absolute Gasteiger partial charge is 0.462 e. The minimum absolute atomic E-state index is 0.128. The second-order valence-electron chi connectivity index (χ2n) is 17.0. The van der Waals surface area contributed by atoms with Gasteiger partial charge in [0.25, 0.3) is 0 Å². The minimum atomic E-state index is -0.839. The molecule has 0 radical (unpaired) electrons. The number of unbranched alkanes of at least 4 members (excludes halogenated alkanes) is 11. The van der Waals surface area contributed by atoms with Crippen LogP contribution in [0, 0.1) is 0 Å². The Morgan fingerprint density at radius 1 is 0.309 bits per heavy atom. The van der Waals surface area contributed by atoms with Crippen LogP contribution in [0.15, 0.2) is 146 Å². The Morgan fingerprint density at radius 2 is 0.603 bits per heavy atom. The number of hydrogen-bond acceptors (Lipinski definition) is 6. The maximum Gasteiger partial charge on any atom is 0.306 e. The van der Waals surface area contributed by atoms with E-state index in [4.69, 9.17) is 14.2 Å². The van der Waals surface area contributed by atoms with Gasteiger partial charge in [-0.25, -0.2) is 0 Å². The lowest BCUT2D eigenvalue weighted by atomic mass is 10.1. The number of ether oxygens (including phenoxy) is 3. The standard InChI is InChI=1S/C62H96O6/c1-4-7-10-13-16-19-22-25-26-27-28-29-30-31-32-33-34-35-36-38-40-43-46-49-52-55-61(64)67-58-59(57-66-60(63)54-51-48-45-42-39-24-21-18-15-12-9-6-3)68-62(65)56-53-50-47-44-41-37-23-20-17-14-11-8-5-2/h7-8,10-11,16-21,25-26,28-29,31-32,34-35,37-38,40-41,47,50,59H,4-6,9,12-15,22-24,27,30,33,36,39,42-46,48-49,51-58H2,1-3H3/b10-7-,11-8-,19-16-,20-17-,21-18-,26-25-,29-28-,32-31-,35-34-,40-38-,41-37-,50-47-. The molecule has 0 aromatic rings. The first kappa shape index (κ1) is 63.3. The summed E-state index contributed by atoms with van der Waals surface area (Å²) in [6.45, 7) is 6.26. The van der Waals surface area contributed by atoms with Crippen LogP contribution < -0.4 is 0 Å². The summed E-state index contributed by atoms with van der Waals surface area (Å²) in [6.07, 6.45) is 78.5. The molecule has 0 aromatic heterocycles. The van der Waals surface area contributed by atoms with Gasteiger partial charge in [0.2, 0.25) is 0 Å². The minimum Gasteiger partial charge on any atom is -0.462 e. The Balaban J connectivity index is 4.48. The molecule has 1 unspecified atom stereocenters. The molecule has 0 aliphatic heterocycles. The summed E-state index contributed by atoms with van der Waals surface area (Å²) < 4.78 is 16.7. The van der Waals surface area contributed by atoms with E-state index in [1.165, 1.54) is 32.1 Å². The number of rotatable bonds is 46. The van der Waals surface area contributed by atoms with E-state index in [-0.39, 0.29) is 31.6 Å². The number of hydrogen-bond donors (Lipinski definition) is 0. The van der Waals surface area contributed by atoms with Crippen molar-refractivity contribution in [2.45, 2.75) is 213 Å². The lowest BCUT2D eigenvalue weighted by Crippen LogP contribution is -2.30. The van der Waals surface area contributed by atoms with Crippen molar-refractivity contribution in [1.82, 2.24) is 0 Å². The Morgan fingerprint density at radius 3 is 0.985 bits per heavy atom. The zero-order chi connectivity index (χ0) is 49.3. The van der Waals surface area contributed by atoms with Crippen molar-refractivity contribution in [3.8, 4) is 0 Å². The highest BCUT2D eigenvalue weighted by Gasteiger charge is 2.19. The molecule has 0 N–H and O–H groups in total. The SMILES string of the molecule is CC/C=C\C/C=C\C/C=C\C/C=C\C/C=C\C/C=C\C/C=C\CCCCCC(=O)OCC(COC(=O)CCCCCCC/C=C\CCCCC)OC(=O)CC/C=C\C/C=C\C/C=C\C/C=C\CC. The quantitative estimate of drug-likeness (QED) is 0.0262. The second-order valence-corrected chi connectivity index (χ2v) is 17.0. The van der Waals surface area contributed by atoms with Gasteiger partial charge >= 0.3 is 17.9 Å². The van der Waals surface area contributed by atoms with E-state index < -0.39 is 12.1 Å². The molecule has 0 aliphatic carbocycles. The zero-order valence-corrected chi connectivity index (χ0v) is 43.3. The predicted molar refractivity (Wildman–Crippen MR) is 292 cm³/mol. The highest BCUT2D eigenvalue weighted by Crippen LogP contribution is 2.11. The van der Waals surface area contributed by atoms with E-state index in [9.17, 15) is 14.4 Å². The molecule has 0 aromatic carbocycles. The molecule has 6 heteroatoms. The molecule has 0 saturated heterocycles. The van der Waals surface area contributed by atoms with Crippen LogP contribution in [0.2, 0.25) is 0 Å². The van der Waals surface area contributed by atoms with Crippen LogP contribution in [0.3, 0.4) is 0 Å². The molecule has 0 heterocycles. The molecular weight excluding hydrogens is 841 g/mol. The summed E-state index contributed by atoms with van der Waals surface area (Å²) in [5.74, 6) is -1.06. The van der Waals surface area contributed by atoms with Gasteiger partial charge in [0, 0.05) is 19.3 Å². The van der Waals surface area contributed by atoms with Crippen molar-refractivity contribution in [2.24, 2.45) is 0 Å². The van der Waals surface area contributed by atoms with E-state index in [1.54, 1.807) is 0 Å². The summed E-state index contributed by atoms with van der Waals surface area (Å²) in [7, 11) is 0. The molecule has 0 bridgehead atoms. The number of carbonyl (C=O) groups excluding carboxylic acids is 3. The predicted octanol–water partition coefficient (Wildman–Crippen LogP) is 18.0. The van der Waals surface area contributed by atoms with E-state index >= 15 is 0 Å². The van der Waals surface area contributed by atoms with Crippen molar-refractivity contribution >= 4 is 17.9 Å². The van der Waals surface area contributed by atoms with Gasteiger partial charge in [-0.15, -0.1) is 0 Å². The Bertz CT molecular complexity index is 1540. The monoisotopic (exact) mass is 937 g/mol. The number of esters is 3. The molecule has 0 aliphatic rings. The Labute approximate surface area is 417 Å². The molecule has 0 saturated carbocycles. The third-order valence-electron chi connectivity index (χ3n) is 10.6. The van der Waals surface area contributed by atoms with Gasteiger partial charge in [-0.05, 0) is 128 Å². The van der Waals surface area contributed by atoms with E-state index in [0.29, 0.717) is 19.3 Å². The van der Waals surface area contributed by atoms with Gasteiger partial charge in [-0.3, -0.25) is 14.4 Å². The maximum atomic E-state index is 12.8. The molecule has 68 heavy (non-hydrogen) atoms. The molecule has 0 rings (SSSR count). The van der Waals surface area contributed by atoms with Crippen LogP contribution in [0.1, 0.15) is 207 Å². The van der Waals surface area contributed by atoms with Gasteiger partial charge in [0.15, 0.2) is 6.10 Å². The van der Waals surface area contributed by atoms with Gasteiger partial charge in [0.1, 0.15) is 13.2 Å². The van der Waals surface area contributed by atoms with E-state index in [0.717, 1.165) is 128 Å². The lowest BCUT2D eigenvalue weighted by Gasteiger charge is -2.18. The van der Waals surface area contributed by atoms with Crippen LogP contribution >= 0.6 is 0 Å². The van der Waals surface area contributed by atoms with Crippen LogP contribution in [-0.4, -0.2) is 37.2 Å². The first-order chi connectivity index (χ1) is 33.5. The maximum absolute atomic E-state index is 12.8. The molecule has 0 spiro atoms. The fourth-order valence-electron chi connectivity index (χ4n) is 6.60. The van der Waals surface area contributed by atoms with Crippen LogP contribution in [-0.2, 0) is 28.6 Å². The third-order valence-corrected chi connectivity index (χ3v) is 10.6. The molecular formula is C62H96O6. The van der Waals surface area contributed by atoms with Gasteiger partial charge in [-0.1, -0.05) is 205 Å². The van der Waals surface area contributed by atoms with Crippen LogP contribution in [0.4, 0.5) is 0 Å². The zero-order valence-electron chi connectivity index (χ0n) is 43.3. The average Bonchev–Trinajstić information content (AvgIpc) is 3.34. The number of allylic oxidation sites excluding steroid dienone is 24. The van der Waals surface area contributed by atoms with Crippen LogP contribution in [0.5, 0.6) is 0 Å². The molecule has 0 amide bonds. The third kappa shape index (κ3) is 52.3. The fraction of sp³-hybridized carbons (Fsp3) is 0.565. The smallest absolute Gasteiger partial charge is 0.306 e. The van der Waals surface area contributed by atoms with Gasteiger partial charge in [0.05, 0.1) is 0 Å². The summed E-state index contributed by atoms with van der Waals surface area (Å²) in [5, 5.41) is 0. The van der Waals surface area contributed by atoms with Crippen molar-refractivity contribution < 1.29 is 28.6 Å². The van der Waals surface area contributed by atoms with Crippen molar-refractivity contribution in [3.05, 3.63) is 146 Å². The number of carbonyl (C=O) groups is 3. The second kappa shape index (κ2) is 54.9. The average molecular weight is 937 g/mol. The molecule has 1 atom stereocenters. The van der Waals surface area contributed by atoms with E-state index in [2.05, 4.69) is 154 Å². The Hall–Kier alpha value is -4.71. The summed E-state index contributed by atoms with van der Waals surface area (Å²) >= 11 is 0. The van der Waals surface area contributed by atoms with Crippen molar-refractivity contribution in [1.29, 1.82) is 0 Å². The van der Waals surface area contributed by atoms with Crippen molar-refractivity contribution in [3.63, 3.8) is 0 Å². The highest BCUT2D eigenvalue weighted by atomic mass is 16.6. The molecule has 380 valence electrons. The summed E-state index contributed by atoms with van der Waals surface area (Å²) in [6, 6.07) is 0. The van der Waals surface area contributed by atoms with Gasteiger partial charge < -0.3 is 14.2 Å². The van der Waals surface area contributed by atoms with Crippen molar-refractivity contribution in [2.75, 3.05) is 13.2 Å². The summed E-state index contributed by atoms with van der Waals surface area (Å²) in [4.78, 5) is 37.9. The summed E-state index contributed by atoms with van der Waals surface area (Å²) in [5.41, 5.74) is 0. The first-order valence-electron chi connectivity index (χ1n) is 26.8. The first-order valence-corrected chi connectivity index (χ1v) is 26.8. The van der Waals surface area contributed by atoms with Crippen LogP contribution in [0.25, 0.3) is 0 Å². The Kier molecular flexibility index (Phi) is 51.1. The molecule has 0 fully saturated rings. The molecule has 6 nitrogen and oxygen atoms in total. The lowest BCUT2D eigenvalue weighted by molar-refractivity contribution is -0.166.